The van der Waals surface area contributed by atoms with Gasteiger partial charge in [-0.05, 0) is 39.0 Å². The Bertz CT molecular complexity index is 506. The SMILES string of the molecule is CC(C)(C)[NH2+]CC(O)COc1ccccc1.O=C([O-])/C=C/C(=O)O. The molecule has 0 heterocycles. The van der Waals surface area contributed by atoms with Gasteiger partial charge in [0.1, 0.15) is 25.0 Å². The van der Waals surface area contributed by atoms with Crippen LogP contribution in [0.3, 0.4) is 0 Å². The van der Waals surface area contributed by atoms with E-state index in [4.69, 9.17) is 9.84 Å². The van der Waals surface area contributed by atoms with Gasteiger partial charge >= 0.3 is 5.97 Å². The summed E-state index contributed by atoms with van der Waals surface area (Å²) in [6.45, 7) is 7.38. The predicted molar refractivity (Wildman–Crippen MR) is 86.3 cm³/mol. The summed E-state index contributed by atoms with van der Waals surface area (Å²) < 4.78 is 5.46. The maximum absolute atomic E-state index is 9.72. The minimum atomic E-state index is -1.51. The lowest BCUT2D eigenvalue weighted by Crippen LogP contribution is -2.96. The highest BCUT2D eigenvalue weighted by Crippen LogP contribution is 2.08. The summed E-state index contributed by atoms with van der Waals surface area (Å²) in [5.41, 5.74) is 0.147. The van der Waals surface area contributed by atoms with Crippen LogP contribution in [0.2, 0.25) is 0 Å². The van der Waals surface area contributed by atoms with E-state index in [0.29, 0.717) is 25.3 Å². The molecule has 0 fully saturated rings. The lowest BCUT2D eigenvalue weighted by molar-refractivity contribution is -0.722. The van der Waals surface area contributed by atoms with Gasteiger partial charge < -0.3 is 30.2 Å². The molecular formula is C17H25NO6. The zero-order valence-electron chi connectivity index (χ0n) is 14.1. The van der Waals surface area contributed by atoms with Gasteiger partial charge in [0.05, 0.1) is 11.5 Å². The molecule has 0 saturated carbocycles. The van der Waals surface area contributed by atoms with Crippen LogP contribution in [0.15, 0.2) is 42.5 Å². The van der Waals surface area contributed by atoms with Crippen LogP contribution >= 0.6 is 0 Å². The number of hydrogen-bond donors (Lipinski definition) is 3. The van der Waals surface area contributed by atoms with E-state index < -0.39 is 18.0 Å². The summed E-state index contributed by atoms with van der Waals surface area (Å²) in [6, 6.07) is 9.56. The Balaban J connectivity index is 0.000000561. The lowest BCUT2D eigenvalue weighted by atomic mass is 10.1. The van der Waals surface area contributed by atoms with Crippen LogP contribution in [0.5, 0.6) is 5.75 Å². The molecule has 0 aliphatic rings. The van der Waals surface area contributed by atoms with Crippen LogP contribution in [-0.2, 0) is 9.59 Å². The number of aliphatic carboxylic acids is 2. The molecule has 0 aromatic heterocycles. The first-order chi connectivity index (χ1) is 11.1. The molecule has 24 heavy (non-hydrogen) atoms. The van der Waals surface area contributed by atoms with E-state index in [1.807, 2.05) is 30.3 Å². The summed E-state index contributed by atoms with van der Waals surface area (Å²) >= 11 is 0. The number of carboxylic acid groups (broad SMARTS) is 2. The molecule has 0 radical (unpaired) electrons. The van der Waals surface area contributed by atoms with E-state index in [1.54, 1.807) is 0 Å². The summed E-state index contributed by atoms with van der Waals surface area (Å²) in [6.07, 6.45) is 0.511. The topological polar surface area (TPSA) is 124 Å². The van der Waals surface area contributed by atoms with Crippen molar-refractivity contribution in [1.82, 2.24) is 0 Å². The number of rotatable bonds is 7. The van der Waals surface area contributed by atoms with Crippen molar-refractivity contribution in [3.05, 3.63) is 42.5 Å². The molecule has 7 nitrogen and oxygen atoms in total. The average molecular weight is 339 g/mol. The highest BCUT2D eigenvalue weighted by Gasteiger charge is 2.16. The van der Waals surface area contributed by atoms with E-state index >= 15 is 0 Å². The van der Waals surface area contributed by atoms with E-state index in [2.05, 4.69) is 26.1 Å². The highest BCUT2D eigenvalue weighted by atomic mass is 16.5. The van der Waals surface area contributed by atoms with Crippen LogP contribution in [0.1, 0.15) is 20.8 Å². The van der Waals surface area contributed by atoms with Gasteiger partial charge in [-0.1, -0.05) is 18.2 Å². The van der Waals surface area contributed by atoms with E-state index in [1.165, 1.54) is 0 Å². The number of carbonyl (C=O) groups is 2. The zero-order chi connectivity index (χ0) is 18.6. The van der Waals surface area contributed by atoms with Crippen LogP contribution in [0, 0.1) is 0 Å². The largest absolute Gasteiger partial charge is 0.545 e. The quantitative estimate of drug-likeness (QED) is 0.557. The molecule has 0 saturated heterocycles. The van der Waals surface area contributed by atoms with Crippen molar-refractivity contribution < 1.29 is 35.0 Å². The molecule has 0 aliphatic heterocycles. The Morgan fingerprint density at radius 2 is 1.83 bits per heavy atom. The predicted octanol–water partition coefficient (Wildman–Crippen LogP) is -0.835. The first kappa shape index (κ1) is 21.6. The summed E-state index contributed by atoms with van der Waals surface area (Å²) in [5.74, 6) is -2.00. The fourth-order valence-corrected chi connectivity index (χ4v) is 1.41. The Morgan fingerprint density at radius 3 is 2.25 bits per heavy atom. The van der Waals surface area contributed by atoms with Crippen LogP contribution in [0.25, 0.3) is 0 Å². The van der Waals surface area contributed by atoms with Crippen molar-refractivity contribution in [1.29, 1.82) is 0 Å². The van der Waals surface area contributed by atoms with Gasteiger partial charge in [-0.15, -0.1) is 0 Å². The molecule has 134 valence electrons. The molecule has 0 bridgehead atoms. The molecule has 1 rings (SSSR count). The van der Waals surface area contributed by atoms with Crippen molar-refractivity contribution in [2.75, 3.05) is 13.2 Å². The standard InChI is InChI=1S/C13H21NO2.C4H4O4/c1-13(2,3)14-9-11(15)10-16-12-7-5-4-6-8-12;5-3(6)1-2-4(7)8/h4-8,11,14-15H,9-10H2,1-3H3;1-2H,(H,5,6)(H,7,8)/b;2-1+. The Hall–Kier alpha value is -2.38. The third-order valence-electron chi connectivity index (χ3n) is 2.55. The van der Waals surface area contributed by atoms with Gasteiger partial charge in [0.2, 0.25) is 0 Å². The van der Waals surface area contributed by atoms with Crippen molar-refractivity contribution in [3.63, 3.8) is 0 Å². The molecule has 1 atom stereocenters. The average Bonchev–Trinajstić information content (AvgIpc) is 2.50. The third-order valence-corrected chi connectivity index (χ3v) is 2.55. The van der Waals surface area contributed by atoms with E-state index in [9.17, 15) is 19.8 Å². The number of carboxylic acids is 2. The van der Waals surface area contributed by atoms with Crippen molar-refractivity contribution >= 4 is 11.9 Å². The molecule has 1 aromatic rings. The highest BCUT2D eigenvalue weighted by molar-refractivity contribution is 5.88. The maximum atomic E-state index is 9.72. The first-order valence-corrected chi connectivity index (χ1v) is 7.42. The Kier molecular flexibility index (Phi) is 10.1. The molecule has 7 heteroatoms. The van der Waals surface area contributed by atoms with Crippen molar-refractivity contribution in [2.45, 2.75) is 32.4 Å². The van der Waals surface area contributed by atoms with Gasteiger partial charge in [-0.2, -0.15) is 0 Å². The number of ether oxygens (including phenoxy) is 1. The summed E-state index contributed by atoms with van der Waals surface area (Å²) in [4.78, 5) is 19.0. The van der Waals surface area contributed by atoms with Gasteiger partial charge in [0, 0.05) is 6.08 Å². The fraction of sp³-hybridized carbons (Fsp3) is 0.412. The summed E-state index contributed by atoms with van der Waals surface area (Å²) in [5, 5.41) is 29.1. The van der Waals surface area contributed by atoms with Gasteiger partial charge in [0.25, 0.3) is 0 Å². The van der Waals surface area contributed by atoms with Crippen LogP contribution in [0.4, 0.5) is 0 Å². The number of aliphatic hydroxyl groups excluding tert-OH is 1. The second-order valence-electron chi connectivity index (χ2n) is 6.07. The number of aliphatic hydroxyl groups is 1. The maximum Gasteiger partial charge on any atom is 0.328 e. The number of carbonyl (C=O) groups excluding carboxylic acids is 1. The smallest absolute Gasteiger partial charge is 0.328 e. The number of para-hydroxylation sites is 1. The Morgan fingerprint density at radius 1 is 1.25 bits per heavy atom. The van der Waals surface area contributed by atoms with Crippen LogP contribution in [-0.4, -0.2) is 46.9 Å². The lowest BCUT2D eigenvalue weighted by Gasteiger charge is -2.19. The van der Waals surface area contributed by atoms with Gasteiger partial charge in [-0.3, -0.25) is 0 Å². The van der Waals surface area contributed by atoms with Gasteiger partial charge in [0.15, 0.2) is 0 Å². The van der Waals surface area contributed by atoms with Crippen molar-refractivity contribution in [3.8, 4) is 5.75 Å². The second-order valence-corrected chi connectivity index (χ2v) is 6.07. The van der Waals surface area contributed by atoms with E-state index in [0.717, 1.165) is 5.75 Å². The number of nitrogens with two attached hydrogens (primary N) is 1. The van der Waals surface area contributed by atoms with Gasteiger partial charge in [-0.25, -0.2) is 4.79 Å². The molecular weight excluding hydrogens is 314 g/mol. The monoisotopic (exact) mass is 339 g/mol. The number of quaternary nitrogens is 1. The molecule has 0 aliphatic carbocycles. The molecule has 1 aromatic carbocycles. The molecule has 1 unspecified atom stereocenters. The molecule has 4 N–H and O–H groups in total. The first-order valence-electron chi connectivity index (χ1n) is 7.42. The Labute approximate surface area is 141 Å². The normalized spacial score (nSPS) is 12.2. The second kappa shape index (κ2) is 11.2. The summed E-state index contributed by atoms with van der Waals surface area (Å²) in [7, 11) is 0. The minimum absolute atomic E-state index is 0.147. The third kappa shape index (κ3) is 14.6. The van der Waals surface area contributed by atoms with Crippen LogP contribution < -0.4 is 15.2 Å². The number of benzene rings is 1. The number of hydrogen-bond acceptors (Lipinski definition) is 5. The fourth-order valence-electron chi connectivity index (χ4n) is 1.41. The zero-order valence-corrected chi connectivity index (χ0v) is 14.1. The van der Waals surface area contributed by atoms with E-state index in [-0.39, 0.29) is 5.54 Å². The minimum Gasteiger partial charge on any atom is -0.545 e. The molecule has 0 amide bonds. The molecule has 0 spiro atoms. The van der Waals surface area contributed by atoms with Crippen molar-refractivity contribution in [2.24, 2.45) is 0 Å².